The minimum Gasteiger partial charge on any atom is -0.494 e. The normalized spacial score (nSPS) is 11.7. The molecule has 0 spiro atoms. The van der Waals surface area contributed by atoms with E-state index in [2.05, 4.69) is 10.4 Å². The van der Waals surface area contributed by atoms with E-state index < -0.39 is 15.9 Å². The van der Waals surface area contributed by atoms with E-state index >= 15 is 0 Å². The van der Waals surface area contributed by atoms with Gasteiger partial charge in [0, 0.05) is 37.1 Å². The number of ether oxygens (including phenoxy) is 1. The van der Waals surface area contributed by atoms with Crippen LogP contribution in [0.5, 0.6) is 5.75 Å². The van der Waals surface area contributed by atoms with Crippen molar-refractivity contribution >= 4 is 27.7 Å². The SMILES string of the molecule is CCOc1ccc(NC(=O)/C(C#N)=C\c2cn(-c3ccccc3)nc2-c2cccc(S(=O)(=O)N(C)C)c2)cc1. The Morgan fingerprint density at radius 3 is 2.44 bits per heavy atom. The van der Waals surface area contributed by atoms with Gasteiger partial charge in [0.1, 0.15) is 23.1 Å². The van der Waals surface area contributed by atoms with Crippen LogP contribution in [0.25, 0.3) is 23.0 Å². The zero-order valence-corrected chi connectivity index (χ0v) is 22.5. The quantitative estimate of drug-likeness (QED) is 0.242. The van der Waals surface area contributed by atoms with E-state index in [-0.39, 0.29) is 10.5 Å². The second kappa shape index (κ2) is 11.8. The molecular weight excluding hydrogens is 514 g/mol. The largest absolute Gasteiger partial charge is 0.494 e. The van der Waals surface area contributed by atoms with E-state index in [0.29, 0.717) is 34.9 Å². The van der Waals surface area contributed by atoms with E-state index in [1.54, 1.807) is 47.3 Å². The molecule has 1 amide bonds. The summed E-state index contributed by atoms with van der Waals surface area (Å²) in [7, 11) is -0.769. The van der Waals surface area contributed by atoms with Gasteiger partial charge in [-0.05, 0) is 61.5 Å². The van der Waals surface area contributed by atoms with Crippen molar-refractivity contribution in [1.29, 1.82) is 5.26 Å². The first-order chi connectivity index (χ1) is 18.7. The Hall–Kier alpha value is -4.72. The first-order valence-electron chi connectivity index (χ1n) is 12.1. The molecule has 1 N–H and O–H groups in total. The Bertz CT molecular complexity index is 1650. The highest BCUT2D eigenvalue weighted by Crippen LogP contribution is 2.28. The van der Waals surface area contributed by atoms with Crippen LogP contribution in [0.4, 0.5) is 5.69 Å². The number of carbonyl (C=O) groups is 1. The number of amides is 1. The lowest BCUT2D eigenvalue weighted by molar-refractivity contribution is -0.112. The Kier molecular flexibility index (Phi) is 8.24. The first-order valence-corrected chi connectivity index (χ1v) is 13.5. The standard InChI is InChI=1S/C29H27N5O4S/c1-4-38-26-15-13-24(14-16-26)31-29(35)22(19-30)17-23-20-34(25-10-6-5-7-11-25)32-28(23)21-9-8-12-27(18-21)39(36,37)33(2)3/h5-18,20H,4H2,1-3H3,(H,31,35)/b22-17-. The van der Waals surface area contributed by atoms with E-state index in [9.17, 15) is 18.5 Å². The molecule has 10 heteroatoms. The number of sulfonamides is 1. The predicted octanol–water partition coefficient (Wildman–Crippen LogP) is 4.73. The van der Waals surface area contributed by atoms with Gasteiger partial charge < -0.3 is 10.1 Å². The maximum atomic E-state index is 13.0. The number of rotatable bonds is 9. The molecule has 0 atom stereocenters. The molecule has 4 aromatic rings. The van der Waals surface area contributed by atoms with Crippen LogP contribution in [-0.2, 0) is 14.8 Å². The van der Waals surface area contributed by atoms with Gasteiger partial charge >= 0.3 is 0 Å². The average Bonchev–Trinajstić information content (AvgIpc) is 3.37. The van der Waals surface area contributed by atoms with Gasteiger partial charge in [-0.25, -0.2) is 17.4 Å². The lowest BCUT2D eigenvalue weighted by Crippen LogP contribution is -2.22. The van der Waals surface area contributed by atoms with Crippen molar-refractivity contribution in [1.82, 2.24) is 14.1 Å². The minimum absolute atomic E-state index is 0.0999. The zero-order valence-electron chi connectivity index (χ0n) is 21.7. The van der Waals surface area contributed by atoms with Crippen LogP contribution in [0.1, 0.15) is 12.5 Å². The number of aromatic nitrogens is 2. The molecule has 1 heterocycles. The maximum absolute atomic E-state index is 13.0. The number of benzene rings is 3. The Balaban J connectivity index is 1.76. The van der Waals surface area contributed by atoms with Gasteiger partial charge in [0.05, 0.1) is 17.2 Å². The third-order valence-electron chi connectivity index (χ3n) is 5.74. The fourth-order valence-electron chi connectivity index (χ4n) is 3.75. The molecule has 0 saturated carbocycles. The number of anilines is 1. The summed E-state index contributed by atoms with van der Waals surface area (Å²) in [5, 5.41) is 17.2. The van der Waals surface area contributed by atoms with Crippen molar-refractivity contribution in [2.24, 2.45) is 0 Å². The van der Waals surface area contributed by atoms with Crippen molar-refractivity contribution in [3.05, 3.63) is 96.2 Å². The van der Waals surface area contributed by atoms with Gasteiger partial charge in [-0.15, -0.1) is 0 Å². The van der Waals surface area contributed by atoms with Crippen LogP contribution in [0.15, 0.2) is 95.5 Å². The van der Waals surface area contributed by atoms with Crippen molar-refractivity contribution in [2.45, 2.75) is 11.8 Å². The molecular formula is C29H27N5O4S. The molecule has 198 valence electrons. The molecule has 0 fully saturated rings. The monoisotopic (exact) mass is 541 g/mol. The summed E-state index contributed by atoms with van der Waals surface area (Å²) in [6.07, 6.45) is 3.14. The van der Waals surface area contributed by atoms with Crippen LogP contribution in [0.3, 0.4) is 0 Å². The van der Waals surface area contributed by atoms with Crippen LogP contribution in [-0.4, -0.2) is 49.1 Å². The molecule has 9 nitrogen and oxygen atoms in total. The highest BCUT2D eigenvalue weighted by Gasteiger charge is 2.20. The second-order valence-electron chi connectivity index (χ2n) is 8.61. The third kappa shape index (κ3) is 6.23. The van der Waals surface area contributed by atoms with Crippen molar-refractivity contribution in [2.75, 3.05) is 26.0 Å². The zero-order chi connectivity index (χ0) is 28.0. The number of carbonyl (C=O) groups excluding carboxylic acids is 1. The van der Waals surface area contributed by atoms with E-state index in [0.717, 1.165) is 9.99 Å². The summed E-state index contributed by atoms with van der Waals surface area (Å²) < 4.78 is 33.7. The summed E-state index contributed by atoms with van der Waals surface area (Å²) in [5.41, 5.74) is 2.52. The number of hydrogen-bond acceptors (Lipinski definition) is 6. The highest BCUT2D eigenvalue weighted by molar-refractivity contribution is 7.89. The number of para-hydroxylation sites is 1. The first kappa shape index (κ1) is 27.3. The molecule has 0 saturated heterocycles. The minimum atomic E-state index is -3.69. The van der Waals surface area contributed by atoms with Crippen molar-refractivity contribution in [3.63, 3.8) is 0 Å². The van der Waals surface area contributed by atoms with Crippen LogP contribution < -0.4 is 10.1 Å². The lowest BCUT2D eigenvalue weighted by atomic mass is 10.1. The van der Waals surface area contributed by atoms with Gasteiger partial charge in [0.25, 0.3) is 5.91 Å². The summed E-state index contributed by atoms with van der Waals surface area (Å²) in [6.45, 7) is 2.40. The fourth-order valence-corrected chi connectivity index (χ4v) is 4.70. The molecule has 1 aromatic heterocycles. The van der Waals surface area contributed by atoms with E-state index in [1.807, 2.05) is 43.3 Å². The smallest absolute Gasteiger partial charge is 0.266 e. The van der Waals surface area contributed by atoms with Crippen LogP contribution in [0.2, 0.25) is 0 Å². The van der Waals surface area contributed by atoms with Crippen molar-refractivity contribution < 1.29 is 17.9 Å². The summed E-state index contributed by atoms with van der Waals surface area (Å²) in [5.74, 6) is 0.0760. The maximum Gasteiger partial charge on any atom is 0.266 e. The predicted molar refractivity (Wildman–Crippen MR) is 150 cm³/mol. The number of nitriles is 1. The molecule has 0 radical (unpaired) electrons. The second-order valence-corrected chi connectivity index (χ2v) is 10.8. The lowest BCUT2D eigenvalue weighted by Gasteiger charge is -2.12. The average molecular weight is 542 g/mol. The molecule has 0 aliphatic heterocycles. The molecule has 39 heavy (non-hydrogen) atoms. The number of hydrogen-bond donors (Lipinski definition) is 1. The number of nitrogens with one attached hydrogen (secondary N) is 1. The van der Waals surface area contributed by atoms with Crippen LogP contribution >= 0.6 is 0 Å². The number of nitrogens with zero attached hydrogens (tertiary/aromatic N) is 4. The molecule has 0 aliphatic carbocycles. The molecule has 0 unspecified atom stereocenters. The van der Waals surface area contributed by atoms with Crippen LogP contribution in [0, 0.1) is 11.3 Å². The van der Waals surface area contributed by atoms with Crippen molar-refractivity contribution in [3.8, 4) is 28.8 Å². The summed E-state index contributed by atoms with van der Waals surface area (Å²) in [6, 6.07) is 24.5. The Labute approximate surface area is 227 Å². The van der Waals surface area contributed by atoms with Gasteiger partial charge in [-0.2, -0.15) is 10.4 Å². The Morgan fingerprint density at radius 2 is 1.79 bits per heavy atom. The fraction of sp³-hybridized carbons (Fsp3) is 0.138. The molecule has 0 aliphatic rings. The van der Waals surface area contributed by atoms with Gasteiger partial charge in [-0.3, -0.25) is 4.79 Å². The van der Waals surface area contributed by atoms with Gasteiger partial charge in [0.15, 0.2) is 0 Å². The third-order valence-corrected chi connectivity index (χ3v) is 7.55. The molecule has 3 aromatic carbocycles. The summed E-state index contributed by atoms with van der Waals surface area (Å²) in [4.78, 5) is 13.1. The molecule has 0 bridgehead atoms. The summed E-state index contributed by atoms with van der Waals surface area (Å²) >= 11 is 0. The Morgan fingerprint density at radius 1 is 1.08 bits per heavy atom. The van der Waals surface area contributed by atoms with E-state index in [1.165, 1.54) is 32.3 Å². The van der Waals surface area contributed by atoms with E-state index in [4.69, 9.17) is 4.74 Å². The van der Waals surface area contributed by atoms with Gasteiger partial charge in [0.2, 0.25) is 10.0 Å². The van der Waals surface area contributed by atoms with Gasteiger partial charge in [-0.1, -0.05) is 30.3 Å². The topological polar surface area (TPSA) is 117 Å². The molecule has 4 rings (SSSR count). The highest BCUT2D eigenvalue weighted by atomic mass is 32.2.